The Balaban J connectivity index is 1.40. The number of amides is 3. The van der Waals surface area contributed by atoms with Crippen LogP contribution in [0.3, 0.4) is 0 Å². The van der Waals surface area contributed by atoms with Gasteiger partial charge in [-0.05, 0) is 72.9 Å². The predicted octanol–water partition coefficient (Wildman–Crippen LogP) is 5.70. The Kier molecular flexibility index (Phi) is 9.48. The van der Waals surface area contributed by atoms with Gasteiger partial charge < -0.3 is 24.5 Å². The molecule has 3 aromatic carbocycles. The van der Waals surface area contributed by atoms with Gasteiger partial charge in [-0.25, -0.2) is 0 Å². The molecule has 3 unspecified atom stereocenters. The van der Waals surface area contributed by atoms with Crippen molar-refractivity contribution in [1.29, 1.82) is 0 Å². The van der Waals surface area contributed by atoms with Crippen LogP contribution in [0.2, 0.25) is 0 Å². The van der Waals surface area contributed by atoms with Gasteiger partial charge in [-0.1, -0.05) is 49.4 Å². The van der Waals surface area contributed by atoms with Gasteiger partial charge in [0.15, 0.2) is 0 Å². The molecule has 0 saturated carbocycles. The Morgan fingerprint density at radius 2 is 1.66 bits per heavy atom. The highest BCUT2D eigenvalue weighted by molar-refractivity contribution is 8.02. The van der Waals surface area contributed by atoms with Crippen molar-refractivity contribution in [1.82, 2.24) is 4.90 Å². The number of hydrogen-bond acceptors (Lipinski definition) is 6. The molecule has 6 atom stereocenters. The highest BCUT2D eigenvalue weighted by Crippen LogP contribution is 2.69. The standard InChI is InChI=1S/C38H43N3O5S/c1-5-19-39(28-15-17-30(18-16-28)46-7-3)35(43)32-31-23-25(4)38(47-31)33(32)36(44)41(21-10-22-42)34(38)37(45)40(20-6-2)29-14-13-26-11-8-9-12-27(26)24-29/h5-6,8-9,11-18,24-25,31-34,42H,1-2,7,10,19-23H2,3-4H3/t25?,31-,32+,33+,34?,38?/m1/s1. The van der Waals surface area contributed by atoms with Crippen LogP contribution in [0.25, 0.3) is 10.8 Å². The third-order valence-electron chi connectivity index (χ3n) is 9.98. The molecule has 246 valence electrons. The maximum atomic E-state index is 15.0. The summed E-state index contributed by atoms with van der Waals surface area (Å²) in [6, 6.07) is 20.5. The number of aliphatic hydroxyl groups excluding tert-OH is 1. The van der Waals surface area contributed by atoms with Crippen LogP contribution in [0.1, 0.15) is 26.7 Å². The summed E-state index contributed by atoms with van der Waals surface area (Å²) in [6.07, 6.45) is 4.47. The smallest absolute Gasteiger partial charge is 0.251 e. The Morgan fingerprint density at radius 1 is 1.00 bits per heavy atom. The molecule has 47 heavy (non-hydrogen) atoms. The summed E-state index contributed by atoms with van der Waals surface area (Å²) in [5.74, 6) is -1.03. The summed E-state index contributed by atoms with van der Waals surface area (Å²) < 4.78 is 4.83. The number of hydrogen-bond donors (Lipinski definition) is 1. The number of likely N-dealkylation sites (tertiary alicyclic amines) is 1. The first-order chi connectivity index (χ1) is 22.8. The number of ether oxygens (including phenoxy) is 1. The molecule has 3 aliphatic heterocycles. The van der Waals surface area contributed by atoms with E-state index in [1.807, 2.05) is 73.7 Å². The van der Waals surface area contributed by atoms with E-state index in [1.165, 1.54) is 0 Å². The number of thioether (sulfide) groups is 1. The van der Waals surface area contributed by atoms with Crippen molar-refractivity contribution >= 4 is 51.6 Å². The first kappa shape index (κ1) is 32.8. The summed E-state index contributed by atoms with van der Waals surface area (Å²) in [5, 5.41) is 11.8. The second-order valence-corrected chi connectivity index (χ2v) is 14.1. The van der Waals surface area contributed by atoms with Gasteiger partial charge in [-0.2, -0.15) is 0 Å². The lowest BCUT2D eigenvalue weighted by molar-refractivity contribution is -0.139. The van der Waals surface area contributed by atoms with E-state index >= 15 is 0 Å². The summed E-state index contributed by atoms with van der Waals surface area (Å²) in [5.41, 5.74) is 1.44. The first-order valence-corrected chi connectivity index (χ1v) is 17.3. The van der Waals surface area contributed by atoms with Crippen LogP contribution >= 0.6 is 11.8 Å². The molecule has 8 nitrogen and oxygen atoms in total. The van der Waals surface area contributed by atoms with Gasteiger partial charge in [0.2, 0.25) is 11.8 Å². The van der Waals surface area contributed by atoms with Crippen molar-refractivity contribution in [3.05, 3.63) is 92.0 Å². The molecule has 3 heterocycles. The maximum Gasteiger partial charge on any atom is 0.251 e. The quantitative estimate of drug-likeness (QED) is 0.238. The molecule has 1 spiro atoms. The predicted molar refractivity (Wildman–Crippen MR) is 189 cm³/mol. The largest absolute Gasteiger partial charge is 0.494 e. The highest BCUT2D eigenvalue weighted by Gasteiger charge is 2.76. The van der Waals surface area contributed by atoms with Crippen LogP contribution in [0.4, 0.5) is 11.4 Å². The molecule has 3 fully saturated rings. The van der Waals surface area contributed by atoms with Crippen molar-refractivity contribution in [2.75, 3.05) is 42.6 Å². The van der Waals surface area contributed by atoms with E-state index < -0.39 is 22.6 Å². The minimum Gasteiger partial charge on any atom is -0.494 e. The topological polar surface area (TPSA) is 90.4 Å². The van der Waals surface area contributed by atoms with Crippen LogP contribution in [0.5, 0.6) is 5.75 Å². The Hall–Kier alpha value is -4.08. The Labute approximate surface area is 281 Å². The van der Waals surface area contributed by atoms with Gasteiger partial charge in [0.25, 0.3) is 5.91 Å². The third-order valence-corrected chi connectivity index (χ3v) is 12.1. The normalized spacial score (nSPS) is 25.9. The van der Waals surface area contributed by atoms with Crippen LogP contribution in [0, 0.1) is 17.8 Å². The van der Waals surface area contributed by atoms with Crippen molar-refractivity contribution in [2.45, 2.75) is 42.7 Å². The van der Waals surface area contributed by atoms with Crippen molar-refractivity contribution in [3.8, 4) is 5.75 Å². The molecule has 3 aliphatic rings. The summed E-state index contributed by atoms with van der Waals surface area (Å²) in [4.78, 5) is 49.3. The van der Waals surface area contributed by atoms with E-state index in [2.05, 4.69) is 20.1 Å². The molecular weight excluding hydrogens is 611 g/mol. The molecule has 6 rings (SSSR count). The SMILES string of the molecule is C=CCN(C(=O)C1N(CCCO)C(=O)[C@@H]2[C@@H](C(=O)N(CC=C)c3ccc(OCC)cc3)[C@H]3CC(C)C12S3)c1ccc2ccccc2c1. The molecule has 0 radical (unpaired) electrons. The van der Waals surface area contributed by atoms with E-state index in [1.54, 1.807) is 38.6 Å². The van der Waals surface area contributed by atoms with Gasteiger partial charge in [-0.3, -0.25) is 14.4 Å². The molecule has 9 heteroatoms. The highest BCUT2D eigenvalue weighted by atomic mass is 32.2. The molecule has 0 aliphatic carbocycles. The molecular formula is C38H43N3O5S. The second-order valence-electron chi connectivity index (χ2n) is 12.6. The fourth-order valence-corrected chi connectivity index (χ4v) is 10.4. The fraction of sp³-hybridized carbons (Fsp3) is 0.395. The van der Waals surface area contributed by atoms with Gasteiger partial charge in [0, 0.05) is 42.9 Å². The number of nitrogens with zero attached hydrogens (tertiary/aromatic N) is 3. The molecule has 3 amide bonds. The lowest BCUT2D eigenvalue weighted by Crippen LogP contribution is -2.57. The van der Waals surface area contributed by atoms with E-state index in [0.717, 1.165) is 22.9 Å². The van der Waals surface area contributed by atoms with Gasteiger partial charge in [0.1, 0.15) is 11.8 Å². The number of aliphatic hydroxyl groups is 1. The second kappa shape index (κ2) is 13.6. The van der Waals surface area contributed by atoms with Crippen LogP contribution < -0.4 is 14.5 Å². The number of fused-ring (bicyclic) bond motifs is 2. The van der Waals surface area contributed by atoms with E-state index in [4.69, 9.17) is 4.74 Å². The molecule has 0 aromatic heterocycles. The molecule has 1 N–H and O–H groups in total. The van der Waals surface area contributed by atoms with Gasteiger partial charge >= 0.3 is 0 Å². The number of benzene rings is 3. The number of carbonyl (C=O) groups is 3. The molecule has 2 bridgehead atoms. The Morgan fingerprint density at radius 3 is 2.32 bits per heavy atom. The monoisotopic (exact) mass is 653 g/mol. The van der Waals surface area contributed by atoms with Crippen LogP contribution in [0.15, 0.2) is 92.0 Å². The summed E-state index contributed by atoms with van der Waals surface area (Å²) >= 11 is 1.65. The average Bonchev–Trinajstić information content (AvgIpc) is 3.68. The van der Waals surface area contributed by atoms with Crippen molar-refractivity contribution in [3.63, 3.8) is 0 Å². The lowest BCUT2D eigenvalue weighted by Gasteiger charge is -2.41. The van der Waals surface area contributed by atoms with Gasteiger partial charge in [0.05, 0.1) is 23.2 Å². The molecule has 3 aromatic rings. The maximum absolute atomic E-state index is 15.0. The lowest BCUT2D eigenvalue weighted by atomic mass is 9.65. The third kappa shape index (κ3) is 5.53. The zero-order valence-corrected chi connectivity index (χ0v) is 27.9. The summed E-state index contributed by atoms with van der Waals surface area (Å²) in [6.45, 7) is 13.1. The number of anilines is 2. The van der Waals surface area contributed by atoms with Gasteiger partial charge in [-0.15, -0.1) is 24.9 Å². The van der Waals surface area contributed by atoms with E-state index in [9.17, 15) is 19.5 Å². The number of carbonyl (C=O) groups excluding carboxylic acids is 3. The summed E-state index contributed by atoms with van der Waals surface area (Å²) in [7, 11) is 0. The van der Waals surface area contributed by atoms with E-state index in [-0.39, 0.29) is 55.1 Å². The minimum absolute atomic E-state index is 0.0177. The minimum atomic E-state index is -0.792. The van der Waals surface area contributed by atoms with E-state index in [0.29, 0.717) is 24.5 Å². The van der Waals surface area contributed by atoms with Crippen molar-refractivity contribution < 1.29 is 24.2 Å². The number of rotatable bonds is 13. The average molecular weight is 654 g/mol. The van der Waals surface area contributed by atoms with Crippen molar-refractivity contribution in [2.24, 2.45) is 17.8 Å². The first-order valence-electron chi connectivity index (χ1n) is 16.5. The Bertz CT molecular complexity index is 1680. The fourth-order valence-electron chi connectivity index (χ4n) is 8.03. The van der Waals surface area contributed by atoms with Crippen LogP contribution in [-0.4, -0.2) is 76.6 Å². The zero-order chi connectivity index (χ0) is 33.3. The molecule has 3 saturated heterocycles. The van der Waals surface area contributed by atoms with Crippen LogP contribution in [-0.2, 0) is 14.4 Å². The zero-order valence-electron chi connectivity index (χ0n) is 27.1.